The number of aryl methyl sites for hydroxylation is 3. The molecule has 0 aliphatic rings. The molecule has 0 saturated carbocycles. The van der Waals surface area contributed by atoms with Crippen LogP contribution in [0, 0.1) is 20.8 Å². The number of hydrogen-bond donors (Lipinski definition) is 2. The van der Waals surface area contributed by atoms with Gasteiger partial charge in [-0.15, -0.1) is 0 Å². The van der Waals surface area contributed by atoms with E-state index in [0.29, 0.717) is 22.8 Å². The van der Waals surface area contributed by atoms with Gasteiger partial charge in [0.25, 0.3) is 11.8 Å². The van der Waals surface area contributed by atoms with Crippen LogP contribution in [-0.2, 0) is 0 Å². The van der Waals surface area contributed by atoms with Gasteiger partial charge in [-0.1, -0.05) is 5.16 Å². The number of hydrazine groups is 1. The summed E-state index contributed by atoms with van der Waals surface area (Å²) in [5.41, 5.74) is 4.99. The number of aromatic nitrogens is 1. The topological polar surface area (TPSA) is 97.4 Å². The number of carbonyl (C=O) groups excluding carboxylic acids is 2. The van der Waals surface area contributed by atoms with Gasteiger partial charge in [0.1, 0.15) is 17.3 Å². The highest BCUT2D eigenvalue weighted by Gasteiger charge is 2.16. The Morgan fingerprint density at radius 2 is 1.74 bits per heavy atom. The summed E-state index contributed by atoms with van der Waals surface area (Å²) in [6.07, 6.45) is 0. The van der Waals surface area contributed by atoms with E-state index >= 15 is 0 Å². The number of furan rings is 1. The Hall–Kier alpha value is -2.57. The van der Waals surface area contributed by atoms with Gasteiger partial charge in [0.05, 0.1) is 5.56 Å². The fourth-order valence-corrected chi connectivity index (χ4v) is 1.57. The summed E-state index contributed by atoms with van der Waals surface area (Å²) in [5, 5.41) is 3.53. The first-order valence-electron chi connectivity index (χ1n) is 5.58. The molecule has 0 aliphatic carbocycles. The van der Waals surface area contributed by atoms with Gasteiger partial charge in [-0.2, -0.15) is 0 Å². The fraction of sp³-hybridized carbons (Fsp3) is 0.250. The number of nitrogens with one attached hydrogen (secondary N) is 2. The molecule has 2 rings (SSSR count). The quantitative estimate of drug-likeness (QED) is 0.795. The highest BCUT2D eigenvalue weighted by atomic mass is 16.5. The monoisotopic (exact) mass is 263 g/mol. The molecule has 0 fully saturated rings. The number of nitrogens with zero attached hydrogens (tertiary/aromatic N) is 1. The molecule has 2 aromatic heterocycles. The average molecular weight is 263 g/mol. The van der Waals surface area contributed by atoms with Gasteiger partial charge < -0.3 is 8.94 Å². The third-order valence-corrected chi connectivity index (χ3v) is 2.44. The van der Waals surface area contributed by atoms with Crippen molar-refractivity contribution >= 4 is 11.8 Å². The van der Waals surface area contributed by atoms with Crippen molar-refractivity contribution in [2.75, 3.05) is 0 Å². The Morgan fingerprint density at radius 3 is 2.26 bits per heavy atom. The lowest BCUT2D eigenvalue weighted by Gasteiger charge is -2.04. The van der Waals surface area contributed by atoms with Crippen molar-refractivity contribution < 1.29 is 18.5 Å². The zero-order valence-electron chi connectivity index (χ0n) is 10.7. The summed E-state index contributed by atoms with van der Waals surface area (Å²) in [7, 11) is 0. The van der Waals surface area contributed by atoms with E-state index in [1.165, 1.54) is 6.07 Å². The van der Waals surface area contributed by atoms with Crippen molar-refractivity contribution in [3.05, 3.63) is 40.7 Å². The standard InChI is InChI=1S/C12H13N3O4/c1-6-4-9(8(3)18-6)11(16)13-14-12(17)10-5-7(2)19-15-10/h4-5H,1-3H3,(H,13,16)(H,14,17). The van der Waals surface area contributed by atoms with Crippen LogP contribution in [-0.4, -0.2) is 17.0 Å². The molecule has 0 unspecified atom stereocenters. The van der Waals surface area contributed by atoms with Crippen molar-refractivity contribution in [3.8, 4) is 0 Å². The Balaban J connectivity index is 1.97. The predicted molar refractivity (Wildman–Crippen MR) is 64.4 cm³/mol. The highest BCUT2D eigenvalue weighted by molar-refractivity contribution is 5.98. The molecule has 0 aliphatic heterocycles. The fourth-order valence-electron chi connectivity index (χ4n) is 1.57. The Labute approximate surface area is 108 Å². The normalized spacial score (nSPS) is 10.3. The zero-order valence-corrected chi connectivity index (χ0v) is 10.7. The lowest BCUT2D eigenvalue weighted by Crippen LogP contribution is -2.41. The highest BCUT2D eigenvalue weighted by Crippen LogP contribution is 2.12. The SMILES string of the molecule is Cc1cc(C(=O)NNC(=O)c2cc(C)oc2C)no1. The molecule has 2 N–H and O–H groups in total. The Bertz CT molecular complexity index is 627. The zero-order chi connectivity index (χ0) is 14.0. The molecule has 0 bridgehead atoms. The molecule has 0 spiro atoms. The molecule has 19 heavy (non-hydrogen) atoms. The van der Waals surface area contributed by atoms with Crippen LogP contribution in [0.25, 0.3) is 0 Å². The first-order valence-corrected chi connectivity index (χ1v) is 5.58. The number of hydrogen-bond acceptors (Lipinski definition) is 5. The smallest absolute Gasteiger partial charge is 0.291 e. The molecule has 7 heteroatoms. The van der Waals surface area contributed by atoms with Gasteiger partial charge in [-0.05, 0) is 26.8 Å². The minimum Gasteiger partial charge on any atom is -0.466 e. The summed E-state index contributed by atoms with van der Waals surface area (Å²) in [6, 6.07) is 3.06. The van der Waals surface area contributed by atoms with Crippen molar-refractivity contribution in [3.63, 3.8) is 0 Å². The summed E-state index contributed by atoms with van der Waals surface area (Å²) in [5.74, 6) is 0.617. The van der Waals surface area contributed by atoms with Gasteiger partial charge in [-0.3, -0.25) is 20.4 Å². The first kappa shape index (κ1) is 12.9. The van der Waals surface area contributed by atoms with Gasteiger partial charge >= 0.3 is 0 Å². The predicted octanol–water partition coefficient (Wildman–Crippen LogP) is 1.27. The molecule has 2 aromatic rings. The Morgan fingerprint density at radius 1 is 1.05 bits per heavy atom. The van der Waals surface area contributed by atoms with Crippen molar-refractivity contribution in [2.45, 2.75) is 20.8 Å². The largest absolute Gasteiger partial charge is 0.466 e. The third kappa shape index (κ3) is 2.82. The van der Waals surface area contributed by atoms with Crippen LogP contribution in [0.4, 0.5) is 0 Å². The second kappa shape index (κ2) is 4.97. The summed E-state index contributed by atoms with van der Waals surface area (Å²) >= 11 is 0. The van der Waals surface area contributed by atoms with E-state index in [-0.39, 0.29) is 5.69 Å². The maximum atomic E-state index is 11.8. The van der Waals surface area contributed by atoms with E-state index in [4.69, 9.17) is 8.94 Å². The number of rotatable bonds is 2. The van der Waals surface area contributed by atoms with Gasteiger partial charge in [0.2, 0.25) is 0 Å². The molecule has 7 nitrogen and oxygen atoms in total. The van der Waals surface area contributed by atoms with Crippen LogP contribution >= 0.6 is 0 Å². The molecular formula is C12H13N3O4. The van der Waals surface area contributed by atoms with E-state index in [1.54, 1.807) is 26.8 Å². The van der Waals surface area contributed by atoms with Gasteiger partial charge in [-0.25, -0.2) is 0 Å². The van der Waals surface area contributed by atoms with Gasteiger partial charge in [0.15, 0.2) is 5.69 Å². The number of amides is 2. The van der Waals surface area contributed by atoms with Crippen LogP contribution in [0.2, 0.25) is 0 Å². The minimum atomic E-state index is -0.553. The number of carbonyl (C=O) groups is 2. The second-order valence-corrected chi connectivity index (χ2v) is 4.06. The van der Waals surface area contributed by atoms with Crippen LogP contribution in [0.3, 0.4) is 0 Å². The Kier molecular flexibility index (Phi) is 3.37. The second-order valence-electron chi connectivity index (χ2n) is 4.06. The summed E-state index contributed by atoms with van der Waals surface area (Å²) < 4.78 is 9.99. The average Bonchev–Trinajstić information content (AvgIpc) is 2.92. The molecule has 0 atom stereocenters. The van der Waals surface area contributed by atoms with Crippen molar-refractivity contribution in [2.24, 2.45) is 0 Å². The van der Waals surface area contributed by atoms with Crippen molar-refractivity contribution in [1.29, 1.82) is 0 Å². The van der Waals surface area contributed by atoms with Crippen LogP contribution in [0.1, 0.15) is 38.1 Å². The van der Waals surface area contributed by atoms with E-state index < -0.39 is 11.8 Å². The van der Waals surface area contributed by atoms with E-state index in [0.717, 1.165) is 0 Å². The minimum absolute atomic E-state index is 0.0953. The summed E-state index contributed by atoms with van der Waals surface area (Å²) in [6.45, 7) is 5.07. The molecule has 0 aromatic carbocycles. The molecule has 100 valence electrons. The van der Waals surface area contributed by atoms with Crippen LogP contribution in [0.5, 0.6) is 0 Å². The maximum Gasteiger partial charge on any atom is 0.291 e. The lowest BCUT2D eigenvalue weighted by atomic mass is 10.2. The molecule has 0 saturated heterocycles. The third-order valence-electron chi connectivity index (χ3n) is 2.44. The molecular weight excluding hydrogens is 250 g/mol. The van der Waals surface area contributed by atoms with Crippen LogP contribution in [0.15, 0.2) is 21.1 Å². The van der Waals surface area contributed by atoms with Crippen LogP contribution < -0.4 is 10.9 Å². The molecule has 2 amide bonds. The first-order chi connectivity index (χ1) is 8.97. The molecule has 0 radical (unpaired) electrons. The lowest BCUT2D eigenvalue weighted by molar-refractivity contribution is 0.0840. The molecule has 2 heterocycles. The van der Waals surface area contributed by atoms with Gasteiger partial charge in [0, 0.05) is 6.07 Å². The van der Waals surface area contributed by atoms with E-state index in [1.807, 2.05) is 0 Å². The van der Waals surface area contributed by atoms with E-state index in [2.05, 4.69) is 16.0 Å². The maximum absolute atomic E-state index is 11.8. The van der Waals surface area contributed by atoms with E-state index in [9.17, 15) is 9.59 Å². The van der Waals surface area contributed by atoms with Crippen molar-refractivity contribution in [1.82, 2.24) is 16.0 Å². The summed E-state index contributed by atoms with van der Waals surface area (Å²) in [4.78, 5) is 23.4.